The first-order chi connectivity index (χ1) is 15.2. The lowest BCUT2D eigenvalue weighted by Crippen LogP contribution is -2.39. The Labute approximate surface area is 196 Å². The Morgan fingerprint density at radius 3 is 2.62 bits per heavy atom. The lowest BCUT2D eigenvalue weighted by atomic mass is 9.69. The molecule has 1 amide bonds. The van der Waals surface area contributed by atoms with E-state index in [9.17, 15) is 14.4 Å². The van der Waals surface area contributed by atoms with Crippen molar-refractivity contribution >= 4 is 40.7 Å². The molecule has 0 unspecified atom stereocenters. The minimum atomic E-state index is -0.392. The average Bonchev–Trinajstić information content (AvgIpc) is 3.03. The zero-order valence-electron chi connectivity index (χ0n) is 19.0. The number of hydrogen-bond acceptors (Lipinski definition) is 6. The average molecular weight is 475 g/mol. The van der Waals surface area contributed by atoms with E-state index >= 15 is 0 Å². The third-order valence-corrected chi connectivity index (χ3v) is 9.26. The summed E-state index contributed by atoms with van der Waals surface area (Å²) in [6.07, 6.45) is 3.55. The van der Waals surface area contributed by atoms with Gasteiger partial charge in [-0.25, -0.2) is 4.79 Å². The number of benzene rings is 1. The maximum atomic E-state index is 12.9. The highest BCUT2D eigenvalue weighted by atomic mass is 32.2. The molecule has 2 aromatic rings. The smallest absolute Gasteiger partial charge is 0.338 e. The number of aromatic nitrogens is 1. The van der Waals surface area contributed by atoms with Crippen LogP contribution in [0, 0.1) is 11.8 Å². The van der Waals surface area contributed by atoms with E-state index in [-0.39, 0.29) is 22.1 Å². The predicted molar refractivity (Wildman–Crippen MR) is 129 cm³/mol. The Kier molecular flexibility index (Phi) is 6.54. The number of esters is 1. The Bertz CT molecular complexity index is 1070. The van der Waals surface area contributed by atoms with Crippen molar-refractivity contribution in [3.8, 4) is 0 Å². The molecular weight excluding hydrogens is 444 g/mol. The van der Waals surface area contributed by atoms with Crippen LogP contribution in [-0.4, -0.2) is 27.8 Å². The van der Waals surface area contributed by atoms with Gasteiger partial charge < -0.3 is 10.1 Å². The first-order valence-corrected chi connectivity index (χ1v) is 12.8. The SMILES string of the molecule is CCOC(=O)c1ccc(NC(=O)Cn2c3c(sc2=O)[C@@H]2C[C@H](C)CC[C@@H]2C(C)(C)S3)cc1. The molecule has 6 nitrogen and oxygen atoms in total. The molecule has 1 aliphatic carbocycles. The molecule has 1 aliphatic heterocycles. The van der Waals surface area contributed by atoms with Gasteiger partial charge >= 0.3 is 10.8 Å². The van der Waals surface area contributed by atoms with Crippen molar-refractivity contribution in [2.24, 2.45) is 11.8 Å². The van der Waals surface area contributed by atoms with Gasteiger partial charge in [-0.15, -0.1) is 11.8 Å². The highest BCUT2D eigenvalue weighted by molar-refractivity contribution is 8.00. The van der Waals surface area contributed by atoms with Crippen LogP contribution in [0.4, 0.5) is 5.69 Å². The molecule has 1 N–H and O–H groups in total. The highest BCUT2D eigenvalue weighted by Crippen LogP contribution is 2.58. The number of carbonyl (C=O) groups excluding carboxylic acids is 2. The number of ether oxygens (including phenoxy) is 1. The van der Waals surface area contributed by atoms with Gasteiger partial charge in [0.25, 0.3) is 0 Å². The Hall–Kier alpha value is -2.06. The Morgan fingerprint density at radius 1 is 1.22 bits per heavy atom. The van der Waals surface area contributed by atoms with Crippen LogP contribution in [0.5, 0.6) is 0 Å². The van der Waals surface area contributed by atoms with Crippen LogP contribution in [0.1, 0.15) is 68.1 Å². The van der Waals surface area contributed by atoms with Crippen molar-refractivity contribution in [3.05, 3.63) is 44.4 Å². The molecule has 2 aliphatic rings. The van der Waals surface area contributed by atoms with Crippen molar-refractivity contribution < 1.29 is 14.3 Å². The summed E-state index contributed by atoms with van der Waals surface area (Å²) in [5.74, 6) is 0.984. The molecule has 8 heteroatoms. The summed E-state index contributed by atoms with van der Waals surface area (Å²) in [6.45, 7) is 8.89. The van der Waals surface area contributed by atoms with Crippen molar-refractivity contribution in [1.29, 1.82) is 0 Å². The van der Waals surface area contributed by atoms with Gasteiger partial charge in [0, 0.05) is 21.2 Å². The van der Waals surface area contributed by atoms with Gasteiger partial charge in [-0.1, -0.05) is 38.5 Å². The molecule has 0 spiro atoms. The number of nitrogens with zero attached hydrogens (tertiary/aromatic N) is 1. The monoisotopic (exact) mass is 474 g/mol. The lowest BCUT2D eigenvalue weighted by molar-refractivity contribution is -0.116. The number of nitrogens with one attached hydrogen (secondary N) is 1. The first kappa shape index (κ1) is 23.1. The number of thioether (sulfide) groups is 1. The second-order valence-corrected chi connectivity index (χ2v) is 11.9. The van der Waals surface area contributed by atoms with Gasteiger partial charge in [-0.05, 0) is 55.9 Å². The minimum Gasteiger partial charge on any atom is -0.462 e. The number of anilines is 1. The summed E-state index contributed by atoms with van der Waals surface area (Å²) in [4.78, 5) is 38.5. The van der Waals surface area contributed by atoms with E-state index in [4.69, 9.17) is 4.74 Å². The fourth-order valence-electron chi connectivity index (χ4n) is 4.96. The van der Waals surface area contributed by atoms with Gasteiger partial charge in [0.15, 0.2) is 0 Å². The van der Waals surface area contributed by atoms with Gasteiger partial charge in [0.2, 0.25) is 5.91 Å². The summed E-state index contributed by atoms with van der Waals surface area (Å²) < 4.78 is 6.66. The Balaban J connectivity index is 1.52. The second kappa shape index (κ2) is 9.06. The normalized spacial score (nSPS) is 23.7. The molecule has 1 aromatic carbocycles. The van der Waals surface area contributed by atoms with E-state index in [0.29, 0.717) is 35.6 Å². The number of fused-ring (bicyclic) bond motifs is 3. The van der Waals surface area contributed by atoms with E-state index < -0.39 is 5.97 Å². The summed E-state index contributed by atoms with van der Waals surface area (Å²) in [5, 5.41) is 3.81. The maximum absolute atomic E-state index is 12.9. The molecule has 4 rings (SSSR count). The van der Waals surface area contributed by atoms with Crippen LogP contribution < -0.4 is 10.2 Å². The molecule has 1 fully saturated rings. The first-order valence-electron chi connectivity index (χ1n) is 11.2. The van der Waals surface area contributed by atoms with Gasteiger partial charge in [-0.2, -0.15) is 0 Å². The predicted octanol–water partition coefficient (Wildman–Crippen LogP) is 5.13. The largest absolute Gasteiger partial charge is 0.462 e. The number of rotatable bonds is 5. The zero-order chi connectivity index (χ0) is 23.0. The number of carbonyl (C=O) groups is 2. The van der Waals surface area contributed by atoms with Gasteiger partial charge in [-0.3, -0.25) is 14.2 Å². The molecular formula is C24H30N2O4S2. The molecule has 3 atom stereocenters. The summed E-state index contributed by atoms with van der Waals surface area (Å²) in [7, 11) is 0. The number of amides is 1. The molecule has 0 bridgehead atoms. The van der Waals surface area contributed by atoms with Crippen LogP contribution >= 0.6 is 23.1 Å². The molecule has 0 radical (unpaired) electrons. The summed E-state index contributed by atoms with van der Waals surface area (Å²) in [5.41, 5.74) is 1.01. The topological polar surface area (TPSA) is 77.4 Å². The Morgan fingerprint density at radius 2 is 1.94 bits per heavy atom. The van der Waals surface area contributed by atoms with Crippen LogP contribution in [0.25, 0.3) is 0 Å². The highest BCUT2D eigenvalue weighted by Gasteiger charge is 2.47. The van der Waals surface area contributed by atoms with E-state index in [1.807, 2.05) is 0 Å². The van der Waals surface area contributed by atoms with Crippen molar-refractivity contribution in [3.63, 3.8) is 0 Å². The fraction of sp³-hybridized carbons (Fsp3) is 0.542. The third kappa shape index (κ3) is 4.53. The van der Waals surface area contributed by atoms with Gasteiger partial charge in [0.05, 0.1) is 17.2 Å². The van der Waals surface area contributed by atoms with E-state index in [2.05, 4.69) is 26.1 Å². The molecule has 2 heterocycles. The molecule has 32 heavy (non-hydrogen) atoms. The molecule has 172 valence electrons. The number of hydrogen-bond donors (Lipinski definition) is 1. The molecule has 1 saturated carbocycles. The summed E-state index contributed by atoms with van der Waals surface area (Å²) in [6, 6.07) is 6.58. The quantitative estimate of drug-likeness (QED) is 0.608. The van der Waals surface area contributed by atoms with Crippen LogP contribution in [0.2, 0.25) is 0 Å². The fourth-order valence-corrected chi connectivity index (χ4v) is 7.77. The van der Waals surface area contributed by atoms with Crippen molar-refractivity contribution in [1.82, 2.24) is 4.57 Å². The van der Waals surface area contributed by atoms with Crippen molar-refractivity contribution in [2.75, 3.05) is 11.9 Å². The van der Waals surface area contributed by atoms with Gasteiger partial charge in [0.1, 0.15) is 6.54 Å². The minimum absolute atomic E-state index is 0.0136. The maximum Gasteiger partial charge on any atom is 0.338 e. The molecule has 0 saturated heterocycles. The van der Waals surface area contributed by atoms with E-state index in [1.54, 1.807) is 47.5 Å². The third-order valence-electron chi connectivity index (χ3n) is 6.56. The van der Waals surface area contributed by atoms with Crippen LogP contribution in [0.15, 0.2) is 34.1 Å². The van der Waals surface area contributed by atoms with Crippen molar-refractivity contribution in [2.45, 2.75) is 69.2 Å². The lowest BCUT2D eigenvalue weighted by Gasteiger charge is -2.47. The van der Waals surface area contributed by atoms with Crippen LogP contribution in [-0.2, 0) is 16.1 Å². The second-order valence-electron chi connectivity index (χ2n) is 9.31. The van der Waals surface area contributed by atoms with E-state index in [1.165, 1.54) is 29.1 Å². The standard InChI is InChI=1S/C24H30N2O4S2/c1-5-30-22(28)15-7-9-16(10-8-15)25-19(27)13-26-21-20(31-23(26)29)17-12-14(2)6-11-18(17)24(3,4)32-21/h7-10,14,17-18H,5-6,11-13H2,1-4H3,(H,25,27)/t14-,17-,18+/m1/s1. The van der Waals surface area contributed by atoms with Crippen LogP contribution in [0.3, 0.4) is 0 Å². The summed E-state index contributed by atoms with van der Waals surface area (Å²) >= 11 is 3.07. The number of thiazole rings is 1. The molecule has 1 aromatic heterocycles. The van der Waals surface area contributed by atoms with E-state index in [0.717, 1.165) is 11.4 Å². The zero-order valence-corrected chi connectivity index (χ0v) is 20.6.